The highest BCUT2D eigenvalue weighted by atomic mass is 32.2. The van der Waals surface area contributed by atoms with E-state index in [1.165, 1.54) is 32.1 Å². The van der Waals surface area contributed by atoms with Crippen molar-refractivity contribution in [2.24, 2.45) is 5.92 Å². The quantitative estimate of drug-likeness (QED) is 0.205. The maximum absolute atomic E-state index is 13.4. The van der Waals surface area contributed by atoms with Crippen LogP contribution in [0.5, 0.6) is 0 Å². The summed E-state index contributed by atoms with van der Waals surface area (Å²) >= 11 is 1.57. The zero-order valence-electron chi connectivity index (χ0n) is 27.6. The van der Waals surface area contributed by atoms with Crippen molar-refractivity contribution in [1.82, 2.24) is 10.2 Å². The highest BCUT2D eigenvalue weighted by molar-refractivity contribution is 7.98. The van der Waals surface area contributed by atoms with Crippen LogP contribution < -0.4 is 5.32 Å². The third-order valence-corrected chi connectivity index (χ3v) is 9.24. The summed E-state index contributed by atoms with van der Waals surface area (Å²) in [6, 6.07) is 12.9. The van der Waals surface area contributed by atoms with Crippen molar-refractivity contribution in [3.63, 3.8) is 0 Å². The molecule has 266 valence electrons. The number of carbonyl (C=O) groups is 3. The predicted octanol–water partition coefficient (Wildman–Crippen LogP) is 6.42. The van der Waals surface area contributed by atoms with Gasteiger partial charge in [-0.1, -0.05) is 62.4 Å². The molecule has 1 aliphatic heterocycles. The summed E-state index contributed by atoms with van der Waals surface area (Å²) in [5.74, 6) is -2.76. The third-order valence-electron chi connectivity index (χ3n) is 8.59. The second-order valence-corrected chi connectivity index (χ2v) is 13.2. The number of hydrogen-bond donors (Lipinski definition) is 3. The Morgan fingerprint density at radius 1 is 1.04 bits per heavy atom. The lowest BCUT2D eigenvalue weighted by Gasteiger charge is -2.33. The fourth-order valence-corrected chi connectivity index (χ4v) is 6.45. The van der Waals surface area contributed by atoms with Crippen LogP contribution in [0, 0.1) is 12.8 Å². The van der Waals surface area contributed by atoms with E-state index in [1.54, 1.807) is 11.8 Å². The smallest absolute Gasteiger partial charge is 0.480 e. The van der Waals surface area contributed by atoms with Crippen molar-refractivity contribution in [2.45, 2.75) is 76.8 Å². The molecular formula is C35H47F3N2O7S. The Balaban J connectivity index is 0.000000804. The van der Waals surface area contributed by atoms with Crippen molar-refractivity contribution in [2.75, 3.05) is 44.9 Å². The Bertz CT molecular complexity index is 1310. The summed E-state index contributed by atoms with van der Waals surface area (Å²) in [5, 5.41) is 19.6. The topological polar surface area (TPSA) is 125 Å². The maximum Gasteiger partial charge on any atom is 0.490 e. The van der Waals surface area contributed by atoms with E-state index in [0.717, 1.165) is 67.4 Å². The monoisotopic (exact) mass is 696 g/mol. The second kappa shape index (κ2) is 19.8. The van der Waals surface area contributed by atoms with Gasteiger partial charge in [-0.25, -0.2) is 9.59 Å². The first-order valence-electron chi connectivity index (χ1n) is 16.3. The predicted molar refractivity (Wildman–Crippen MR) is 179 cm³/mol. The molecule has 1 amide bonds. The molecule has 2 aromatic rings. The van der Waals surface area contributed by atoms with E-state index in [0.29, 0.717) is 24.3 Å². The number of benzene rings is 2. The highest BCUT2D eigenvalue weighted by Crippen LogP contribution is 2.31. The zero-order valence-corrected chi connectivity index (χ0v) is 28.4. The van der Waals surface area contributed by atoms with E-state index < -0.39 is 24.2 Å². The van der Waals surface area contributed by atoms with Crippen LogP contribution in [0.25, 0.3) is 11.1 Å². The number of nitrogens with one attached hydrogen (secondary N) is 1. The Hall–Kier alpha value is -3.13. The summed E-state index contributed by atoms with van der Waals surface area (Å²) in [5.41, 5.74) is 4.30. The molecule has 9 nitrogen and oxygen atoms in total. The van der Waals surface area contributed by atoms with Gasteiger partial charge >= 0.3 is 18.1 Å². The number of halogens is 3. The fourth-order valence-electron chi connectivity index (χ4n) is 5.98. The average molecular weight is 697 g/mol. The number of nitrogens with zero attached hydrogens (tertiary/aromatic N) is 1. The number of amides is 1. The summed E-state index contributed by atoms with van der Waals surface area (Å²) in [6.45, 7) is 6.85. The van der Waals surface area contributed by atoms with Crippen LogP contribution in [0.1, 0.15) is 66.4 Å². The van der Waals surface area contributed by atoms with Gasteiger partial charge < -0.3 is 25.0 Å². The molecule has 0 spiro atoms. The maximum atomic E-state index is 13.4. The van der Waals surface area contributed by atoms with E-state index in [4.69, 9.17) is 19.4 Å². The number of carboxylic acids is 2. The van der Waals surface area contributed by atoms with Gasteiger partial charge in [0.05, 0.1) is 25.9 Å². The minimum atomic E-state index is -5.08. The van der Waals surface area contributed by atoms with Crippen LogP contribution in [0.4, 0.5) is 13.2 Å². The van der Waals surface area contributed by atoms with Gasteiger partial charge in [0.2, 0.25) is 0 Å². The highest BCUT2D eigenvalue weighted by Gasteiger charge is 2.38. The molecule has 2 atom stereocenters. The number of carboxylic acid groups (broad SMARTS) is 2. The van der Waals surface area contributed by atoms with Crippen LogP contribution >= 0.6 is 11.8 Å². The molecule has 2 fully saturated rings. The molecule has 13 heteroatoms. The molecule has 0 bridgehead atoms. The molecular weight excluding hydrogens is 649 g/mol. The van der Waals surface area contributed by atoms with Gasteiger partial charge in [-0.2, -0.15) is 24.9 Å². The van der Waals surface area contributed by atoms with E-state index in [1.807, 2.05) is 55.6 Å². The van der Waals surface area contributed by atoms with E-state index in [2.05, 4.69) is 10.2 Å². The normalized spacial score (nSPS) is 17.1. The summed E-state index contributed by atoms with van der Waals surface area (Å²) in [4.78, 5) is 36.6. The van der Waals surface area contributed by atoms with E-state index in [9.17, 15) is 27.9 Å². The molecule has 4 rings (SSSR count). The van der Waals surface area contributed by atoms with Gasteiger partial charge in [0.15, 0.2) is 0 Å². The van der Waals surface area contributed by atoms with Gasteiger partial charge in [-0.15, -0.1) is 0 Å². The van der Waals surface area contributed by atoms with Crippen molar-refractivity contribution in [3.8, 4) is 11.1 Å². The molecule has 2 aromatic carbocycles. The van der Waals surface area contributed by atoms with Crippen molar-refractivity contribution in [1.29, 1.82) is 0 Å². The molecule has 0 aromatic heterocycles. The van der Waals surface area contributed by atoms with Crippen LogP contribution in [0.3, 0.4) is 0 Å². The largest absolute Gasteiger partial charge is 0.490 e. The molecule has 1 saturated heterocycles. The molecule has 1 aliphatic carbocycles. The van der Waals surface area contributed by atoms with Gasteiger partial charge in [0.1, 0.15) is 6.04 Å². The number of hydrogen-bond acceptors (Lipinski definition) is 7. The summed E-state index contributed by atoms with van der Waals surface area (Å²) in [7, 11) is 0. The third kappa shape index (κ3) is 13.1. The Labute approximate surface area is 284 Å². The molecule has 0 unspecified atom stereocenters. The van der Waals surface area contributed by atoms with E-state index in [-0.39, 0.29) is 12.0 Å². The molecule has 48 heavy (non-hydrogen) atoms. The van der Waals surface area contributed by atoms with Crippen LogP contribution in [0.15, 0.2) is 42.5 Å². The number of alkyl halides is 3. The zero-order chi connectivity index (χ0) is 35.1. The van der Waals surface area contributed by atoms with Crippen molar-refractivity contribution < 1.29 is 47.2 Å². The molecule has 0 radical (unpaired) electrons. The number of aliphatic carboxylic acids is 2. The first-order valence-corrected chi connectivity index (χ1v) is 17.7. The lowest BCUT2D eigenvalue weighted by Crippen LogP contribution is -2.42. The Morgan fingerprint density at radius 2 is 1.71 bits per heavy atom. The van der Waals surface area contributed by atoms with Crippen LogP contribution in [-0.4, -0.2) is 96.1 Å². The lowest BCUT2D eigenvalue weighted by atomic mass is 9.85. The standard InChI is InChI=1S/C33H46N2O5S.C2HF3O2/c1-24-8-6-7-11-28(24)30-21-26(12-13-29(30)32(36)34-31(33(37)38)14-19-41-2)23-40-27(20-25-9-4-3-5-10-25)22-35-15-17-39-18-16-35;3-2(4,5)1(6)7/h6-8,11-13,21,25,27,31H,3-5,9-10,14-20,22-23H2,1-2H3,(H,34,36)(H,37,38);(H,6,7)/t27-,31-;/m0./s1. The first-order chi connectivity index (χ1) is 22.9. The molecule has 1 saturated carbocycles. The number of carbonyl (C=O) groups excluding carboxylic acids is 1. The summed E-state index contributed by atoms with van der Waals surface area (Å²) in [6.07, 6.45) is 5.01. The average Bonchev–Trinajstić information content (AvgIpc) is 3.06. The number of morpholine rings is 1. The van der Waals surface area contributed by atoms with Crippen molar-refractivity contribution >= 4 is 29.6 Å². The Morgan fingerprint density at radius 3 is 2.31 bits per heavy atom. The second-order valence-electron chi connectivity index (χ2n) is 12.2. The first kappa shape index (κ1) is 39.3. The van der Waals surface area contributed by atoms with Gasteiger partial charge in [0, 0.05) is 25.2 Å². The summed E-state index contributed by atoms with van der Waals surface area (Å²) < 4.78 is 43.9. The minimum absolute atomic E-state index is 0.147. The fraction of sp³-hybridized carbons (Fsp3) is 0.571. The minimum Gasteiger partial charge on any atom is -0.480 e. The van der Waals surface area contributed by atoms with Crippen LogP contribution in [0.2, 0.25) is 0 Å². The van der Waals surface area contributed by atoms with Crippen molar-refractivity contribution in [3.05, 3.63) is 59.2 Å². The lowest BCUT2D eigenvalue weighted by molar-refractivity contribution is -0.192. The number of rotatable bonds is 14. The molecule has 1 heterocycles. The van der Waals surface area contributed by atoms with Gasteiger partial charge in [-0.3, -0.25) is 9.69 Å². The molecule has 2 aliphatic rings. The van der Waals surface area contributed by atoms with Gasteiger partial charge in [-0.05, 0) is 72.1 Å². The van der Waals surface area contributed by atoms with Gasteiger partial charge in [0.25, 0.3) is 5.91 Å². The molecule has 3 N–H and O–H groups in total. The number of aryl methyl sites for hydroxylation is 1. The Kier molecular flexibility index (Phi) is 16.2. The van der Waals surface area contributed by atoms with E-state index >= 15 is 0 Å². The SMILES string of the molecule is CSCC[C@H](NC(=O)c1ccc(CO[C@@H](CC2CCCCC2)CN2CCOCC2)cc1-c1ccccc1C)C(=O)O.O=C(O)C(F)(F)F. The van der Waals surface area contributed by atoms with Crippen LogP contribution in [-0.2, 0) is 25.7 Å². The number of ether oxygens (including phenoxy) is 2. The number of thioether (sulfide) groups is 1.